The topological polar surface area (TPSA) is 94.7 Å². The second-order valence-corrected chi connectivity index (χ2v) is 5.36. The number of aromatic hydroxyl groups is 1. The molecule has 0 bridgehead atoms. The molecule has 1 amide bonds. The van der Waals surface area contributed by atoms with Crippen molar-refractivity contribution in [1.82, 2.24) is 5.43 Å². The highest BCUT2D eigenvalue weighted by Crippen LogP contribution is 2.29. The third-order valence-corrected chi connectivity index (χ3v) is 3.32. The Bertz CT molecular complexity index is 832. The molecule has 0 fully saturated rings. The number of para-hydroxylation sites is 1. The Morgan fingerprint density at radius 2 is 2.12 bits per heavy atom. The van der Waals surface area contributed by atoms with Crippen LogP contribution in [0.1, 0.15) is 11.1 Å². The van der Waals surface area contributed by atoms with E-state index in [-0.39, 0.29) is 22.9 Å². The van der Waals surface area contributed by atoms with Crippen molar-refractivity contribution in [2.45, 2.75) is 0 Å². The van der Waals surface area contributed by atoms with Gasteiger partial charge >= 0.3 is 0 Å². The number of benzene rings is 2. The molecule has 24 heavy (non-hydrogen) atoms. The van der Waals surface area contributed by atoms with E-state index in [1.54, 1.807) is 24.3 Å². The molecule has 0 heterocycles. The molecule has 8 heteroatoms. The molecule has 0 spiro atoms. The Hall–Kier alpha value is -2.75. The number of nitrogens with one attached hydrogen (secondary N) is 1. The van der Waals surface area contributed by atoms with Crippen LogP contribution in [0, 0.1) is 11.3 Å². The first kappa shape index (κ1) is 17.6. The zero-order chi connectivity index (χ0) is 17.5. The van der Waals surface area contributed by atoms with Crippen molar-refractivity contribution in [3.8, 4) is 17.6 Å². The second-order valence-electron chi connectivity index (χ2n) is 4.52. The van der Waals surface area contributed by atoms with Gasteiger partial charge in [-0.05, 0) is 24.3 Å². The molecule has 2 rings (SSSR count). The van der Waals surface area contributed by atoms with Crippen LogP contribution in [0.15, 0.2) is 41.5 Å². The van der Waals surface area contributed by atoms with Gasteiger partial charge in [0, 0.05) is 10.6 Å². The zero-order valence-electron chi connectivity index (χ0n) is 12.2. The van der Waals surface area contributed by atoms with E-state index in [0.717, 1.165) is 0 Å². The fourth-order valence-corrected chi connectivity index (χ4v) is 2.23. The van der Waals surface area contributed by atoms with Crippen molar-refractivity contribution in [1.29, 1.82) is 5.26 Å². The van der Waals surface area contributed by atoms with Crippen LogP contribution in [0.4, 0.5) is 0 Å². The molecule has 0 aromatic heterocycles. The van der Waals surface area contributed by atoms with Crippen molar-refractivity contribution in [2.24, 2.45) is 5.10 Å². The maximum Gasteiger partial charge on any atom is 0.277 e. The van der Waals surface area contributed by atoms with Gasteiger partial charge in [0.2, 0.25) is 0 Å². The number of nitriles is 1. The number of phenolic OH excluding ortho intramolecular Hbond substituents is 1. The number of carbonyl (C=O) groups excluding carboxylic acids is 1. The summed E-state index contributed by atoms with van der Waals surface area (Å²) in [7, 11) is 0. The van der Waals surface area contributed by atoms with Crippen LogP contribution in [0.3, 0.4) is 0 Å². The van der Waals surface area contributed by atoms with Gasteiger partial charge in [0.15, 0.2) is 6.61 Å². The average molecular weight is 364 g/mol. The summed E-state index contributed by atoms with van der Waals surface area (Å²) in [5.41, 5.74) is 2.81. The van der Waals surface area contributed by atoms with Gasteiger partial charge in [0.1, 0.15) is 17.6 Å². The SMILES string of the molecule is N#Cc1ccccc1OCC(=O)N/N=C/c1cc(Cl)cc(Cl)c1O. The Labute approximate surface area is 147 Å². The van der Waals surface area contributed by atoms with E-state index in [2.05, 4.69) is 10.5 Å². The van der Waals surface area contributed by atoms with Crippen LogP contribution in [0.25, 0.3) is 0 Å². The minimum atomic E-state index is -0.536. The predicted octanol–water partition coefficient (Wildman–Crippen LogP) is 3.10. The van der Waals surface area contributed by atoms with E-state index in [1.807, 2.05) is 6.07 Å². The van der Waals surface area contributed by atoms with Crippen LogP contribution in [0.2, 0.25) is 10.0 Å². The molecule has 0 aliphatic heterocycles. The molecule has 6 nitrogen and oxygen atoms in total. The molecule has 122 valence electrons. The molecule has 2 N–H and O–H groups in total. The Morgan fingerprint density at radius 1 is 1.38 bits per heavy atom. The molecule has 2 aromatic rings. The maximum atomic E-state index is 11.7. The van der Waals surface area contributed by atoms with Crippen LogP contribution in [-0.2, 0) is 4.79 Å². The summed E-state index contributed by atoms with van der Waals surface area (Å²) in [6.45, 7) is -0.321. The third kappa shape index (κ3) is 4.62. The number of ether oxygens (including phenoxy) is 1. The summed E-state index contributed by atoms with van der Waals surface area (Å²) < 4.78 is 5.25. The first-order valence-electron chi connectivity index (χ1n) is 6.63. The Kier molecular flexibility index (Phi) is 6.01. The summed E-state index contributed by atoms with van der Waals surface area (Å²) >= 11 is 11.6. The van der Waals surface area contributed by atoms with Crippen LogP contribution in [-0.4, -0.2) is 23.8 Å². The standard InChI is InChI=1S/C16H11Cl2N3O3/c17-12-5-11(16(23)13(18)6-12)8-20-21-15(22)9-24-14-4-2-1-3-10(14)7-19/h1-6,8,23H,9H2,(H,21,22)/b20-8+. The number of hydrazone groups is 1. The third-order valence-electron chi connectivity index (χ3n) is 2.82. The highest BCUT2D eigenvalue weighted by atomic mass is 35.5. The van der Waals surface area contributed by atoms with Crippen molar-refractivity contribution in [2.75, 3.05) is 6.61 Å². The van der Waals surface area contributed by atoms with E-state index < -0.39 is 5.91 Å². The molecule has 0 atom stereocenters. The minimum Gasteiger partial charge on any atom is -0.506 e. The summed E-state index contributed by atoms with van der Waals surface area (Å²) in [6, 6.07) is 11.3. The minimum absolute atomic E-state index is 0.0757. The van der Waals surface area contributed by atoms with Gasteiger partial charge in [-0.2, -0.15) is 10.4 Å². The van der Waals surface area contributed by atoms with Crippen molar-refractivity contribution in [3.05, 3.63) is 57.6 Å². The average Bonchev–Trinajstić information content (AvgIpc) is 2.57. The molecule has 0 radical (unpaired) electrons. The lowest BCUT2D eigenvalue weighted by Crippen LogP contribution is -2.24. The highest BCUT2D eigenvalue weighted by Gasteiger charge is 2.07. The normalized spacial score (nSPS) is 10.4. The van der Waals surface area contributed by atoms with Gasteiger partial charge in [-0.15, -0.1) is 0 Å². The monoisotopic (exact) mass is 363 g/mol. The number of rotatable bonds is 5. The van der Waals surface area contributed by atoms with Gasteiger partial charge < -0.3 is 9.84 Å². The number of hydrogen-bond donors (Lipinski definition) is 2. The van der Waals surface area contributed by atoms with E-state index in [0.29, 0.717) is 16.3 Å². The predicted molar refractivity (Wildman–Crippen MR) is 90.5 cm³/mol. The van der Waals surface area contributed by atoms with Crippen molar-refractivity contribution >= 4 is 35.3 Å². The van der Waals surface area contributed by atoms with E-state index in [9.17, 15) is 9.90 Å². The lowest BCUT2D eigenvalue weighted by Gasteiger charge is -2.06. The first-order chi connectivity index (χ1) is 11.5. The molecule has 2 aromatic carbocycles. The fourth-order valence-electron chi connectivity index (χ4n) is 1.72. The molecule has 0 saturated heterocycles. The smallest absolute Gasteiger partial charge is 0.277 e. The van der Waals surface area contributed by atoms with Gasteiger partial charge in [-0.1, -0.05) is 35.3 Å². The zero-order valence-corrected chi connectivity index (χ0v) is 13.7. The van der Waals surface area contributed by atoms with E-state index in [4.69, 9.17) is 33.2 Å². The van der Waals surface area contributed by atoms with Crippen LogP contribution in [0.5, 0.6) is 11.5 Å². The highest BCUT2D eigenvalue weighted by molar-refractivity contribution is 6.36. The van der Waals surface area contributed by atoms with Crippen molar-refractivity contribution in [3.63, 3.8) is 0 Å². The molecule has 0 unspecified atom stereocenters. The van der Waals surface area contributed by atoms with Crippen LogP contribution < -0.4 is 10.2 Å². The van der Waals surface area contributed by atoms with Gasteiger partial charge in [-0.25, -0.2) is 5.43 Å². The van der Waals surface area contributed by atoms with E-state index >= 15 is 0 Å². The second kappa shape index (κ2) is 8.20. The largest absolute Gasteiger partial charge is 0.506 e. The Balaban J connectivity index is 1.93. The lowest BCUT2D eigenvalue weighted by molar-refractivity contribution is -0.123. The molecular weight excluding hydrogens is 353 g/mol. The number of halogens is 2. The van der Waals surface area contributed by atoms with Gasteiger partial charge in [0.25, 0.3) is 5.91 Å². The fraction of sp³-hybridized carbons (Fsp3) is 0.0625. The summed E-state index contributed by atoms with van der Waals surface area (Å²) in [5.74, 6) is -0.428. The summed E-state index contributed by atoms with van der Waals surface area (Å²) in [5, 5.41) is 22.8. The first-order valence-corrected chi connectivity index (χ1v) is 7.38. The van der Waals surface area contributed by atoms with Gasteiger partial charge in [-0.3, -0.25) is 4.79 Å². The number of hydrogen-bond acceptors (Lipinski definition) is 5. The molecule has 0 aliphatic carbocycles. The number of carbonyl (C=O) groups is 1. The molecule has 0 aliphatic rings. The van der Waals surface area contributed by atoms with E-state index in [1.165, 1.54) is 18.3 Å². The quantitative estimate of drug-likeness (QED) is 0.630. The van der Waals surface area contributed by atoms with Crippen molar-refractivity contribution < 1.29 is 14.6 Å². The maximum absolute atomic E-state index is 11.7. The number of nitrogens with zero attached hydrogens (tertiary/aromatic N) is 2. The summed E-state index contributed by atoms with van der Waals surface area (Å²) in [6.07, 6.45) is 1.20. The lowest BCUT2D eigenvalue weighted by atomic mass is 10.2. The number of phenols is 1. The molecule has 0 saturated carbocycles. The summed E-state index contributed by atoms with van der Waals surface area (Å²) in [4.78, 5) is 11.7. The Morgan fingerprint density at radius 3 is 2.88 bits per heavy atom. The molecular formula is C16H11Cl2N3O3. The van der Waals surface area contributed by atoms with Gasteiger partial charge in [0.05, 0.1) is 16.8 Å². The number of amides is 1. The van der Waals surface area contributed by atoms with Crippen LogP contribution >= 0.6 is 23.2 Å².